The highest BCUT2D eigenvalue weighted by Crippen LogP contribution is 2.45. The number of ether oxygens (including phenoxy) is 4. The molecule has 7 heteroatoms. The summed E-state index contributed by atoms with van der Waals surface area (Å²) in [5.74, 6) is 0.617. The van der Waals surface area contributed by atoms with E-state index in [0.29, 0.717) is 35.8 Å². The molecule has 1 heterocycles. The number of hydrogen-bond acceptors (Lipinski definition) is 6. The molecule has 0 aromatic heterocycles. The SMILES string of the molecule is COc1ccc(-c2ccc3c(c2)COC3=O)c(OCC(C)(C)CCCCCC(=O)O)c1OC. The van der Waals surface area contributed by atoms with Crippen LogP contribution in [0.2, 0.25) is 0 Å². The van der Waals surface area contributed by atoms with E-state index in [2.05, 4.69) is 13.8 Å². The fourth-order valence-corrected chi connectivity index (χ4v) is 3.97. The van der Waals surface area contributed by atoms with Crippen LogP contribution < -0.4 is 14.2 Å². The van der Waals surface area contributed by atoms with Crippen molar-refractivity contribution in [2.45, 2.75) is 52.6 Å². The van der Waals surface area contributed by atoms with E-state index in [1.54, 1.807) is 20.3 Å². The topological polar surface area (TPSA) is 91.3 Å². The molecule has 0 amide bonds. The van der Waals surface area contributed by atoms with Crippen molar-refractivity contribution in [3.8, 4) is 28.4 Å². The molecule has 1 aliphatic heterocycles. The van der Waals surface area contributed by atoms with Gasteiger partial charge in [0.25, 0.3) is 0 Å². The molecule has 0 aliphatic carbocycles. The zero-order valence-electron chi connectivity index (χ0n) is 19.7. The van der Waals surface area contributed by atoms with Gasteiger partial charge in [0.2, 0.25) is 5.75 Å². The van der Waals surface area contributed by atoms with E-state index in [4.69, 9.17) is 24.1 Å². The molecular formula is C26H32O7. The number of rotatable bonds is 12. The molecule has 1 N–H and O–H groups in total. The van der Waals surface area contributed by atoms with E-state index in [1.807, 2.05) is 24.3 Å². The Balaban J connectivity index is 1.81. The van der Waals surface area contributed by atoms with Gasteiger partial charge in [-0.1, -0.05) is 32.8 Å². The van der Waals surface area contributed by atoms with Crippen LogP contribution in [0.3, 0.4) is 0 Å². The normalized spacial score (nSPS) is 12.8. The van der Waals surface area contributed by atoms with Crippen molar-refractivity contribution in [2.24, 2.45) is 5.41 Å². The number of esters is 1. The van der Waals surface area contributed by atoms with Crippen LogP contribution in [-0.2, 0) is 16.1 Å². The van der Waals surface area contributed by atoms with Crippen molar-refractivity contribution in [3.05, 3.63) is 41.5 Å². The fraction of sp³-hybridized carbons (Fsp3) is 0.462. The number of benzene rings is 2. The summed E-state index contributed by atoms with van der Waals surface area (Å²) in [5.41, 5.74) is 3.06. The van der Waals surface area contributed by atoms with Crippen molar-refractivity contribution in [3.63, 3.8) is 0 Å². The second-order valence-corrected chi connectivity index (χ2v) is 9.03. The molecule has 0 unspecified atom stereocenters. The summed E-state index contributed by atoms with van der Waals surface area (Å²) in [4.78, 5) is 22.5. The Morgan fingerprint density at radius 1 is 1.03 bits per heavy atom. The monoisotopic (exact) mass is 456 g/mol. The van der Waals surface area contributed by atoms with Crippen LogP contribution in [0.25, 0.3) is 11.1 Å². The second kappa shape index (κ2) is 10.6. The highest BCUT2D eigenvalue weighted by Gasteiger charge is 2.25. The van der Waals surface area contributed by atoms with Crippen molar-refractivity contribution < 1.29 is 33.6 Å². The summed E-state index contributed by atoms with van der Waals surface area (Å²) < 4.78 is 22.6. The van der Waals surface area contributed by atoms with Gasteiger partial charge in [-0.3, -0.25) is 4.79 Å². The molecule has 0 saturated carbocycles. The number of carboxylic acid groups (broad SMARTS) is 1. The second-order valence-electron chi connectivity index (χ2n) is 9.03. The van der Waals surface area contributed by atoms with Gasteiger partial charge in [0.1, 0.15) is 6.61 Å². The molecule has 0 bridgehead atoms. The van der Waals surface area contributed by atoms with Gasteiger partial charge in [-0.25, -0.2) is 4.79 Å². The predicted molar refractivity (Wildman–Crippen MR) is 124 cm³/mol. The van der Waals surface area contributed by atoms with Gasteiger partial charge in [0, 0.05) is 17.5 Å². The molecule has 7 nitrogen and oxygen atoms in total. The van der Waals surface area contributed by atoms with Gasteiger partial charge in [-0.2, -0.15) is 0 Å². The smallest absolute Gasteiger partial charge is 0.338 e. The Hall–Kier alpha value is -3.22. The Labute approximate surface area is 194 Å². The molecule has 1 aliphatic rings. The number of aliphatic carboxylic acids is 1. The summed E-state index contributed by atoms with van der Waals surface area (Å²) in [7, 11) is 3.16. The number of hydrogen-bond donors (Lipinski definition) is 1. The quantitative estimate of drug-likeness (QED) is 0.334. The molecule has 0 fully saturated rings. The Morgan fingerprint density at radius 2 is 1.79 bits per heavy atom. The molecule has 33 heavy (non-hydrogen) atoms. The maximum atomic E-state index is 11.8. The lowest BCUT2D eigenvalue weighted by Crippen LogP contribution is -2.22. The first kappa shape index (κ1) is 24.4. The van der Waals surface area contributed by atoms with E-state index in [1.165, 1.54) is 0 Å². The first-order valence-electron chi connectivity index (χ1n) is 11.2. The number of carbonyl (C=O) groups is 2. The third-order valence-corrected chi connectivity index (χ3v) is 5.85. The zero-order chi connectivity index (χ0) is 24.0. The van der Waals surface area contributed by atoms with Crippen molar-refractivity contribution >= 4 is 11.9 Å². The van der Waals surface area contributed by atoms with Crippen molar-refractivity contribution in [2.75, 3.05) is 20.8 Å². The summed E-state index contributed by atoms with van der Waals surface area (Å²) >= 11 is 0. The highest BCUT2D eigenvalue weighted by atomic mass is 16.5. The zero-order valence-corrected chi connectivity index (χ0v) is 19.7. The number of unbranched alkanes of at least 4 members (excludes halogenated alkanes) is 2. The number of carboxylic acids is 1. The first-order valence-corrected chi connectivity index (χ1v) is 11.2. The summed E-state index contributed by atoms with van der Waals surface area (Å²) in [5, 5.41) is 8.79. The molecule has 0 radical (unpaired) electrons. The third-order valence-electron chi connectivity index (χ3n) is 5.85. The maximum Gasteiger partial charge on any atom is 0.338 e. The largest absolute Gasteiger partial charge is 0.493 e. The van der Waals surface area contributed by atoms with Crippen LogP contribution >= 0.6 is 0 Å². The highest BCUT2D eigenvalue weighted by molar-refractivity contribution is 5.94. The van der Waals surface area contributed by atoms with Crippen LogP contribution in [0.4, 0.5) is 0 Å². The lowest BCUT2D eigenvalue weighted by atomic mass is 9.87. The summed E-state index contributed by atoms with van der Waals surface area (Å²) in [6.45, 7) is 4.99. The Kier molecular flexibility index (Phi) is 7.84. The lowest BCUT2D eigenvalue weighted by Gasteiger charge is -2.26. The third kappa shape index (κ3) is 5.97. The van der Waals surface area contributed by atoms with E-state index in [0.717, 1.165) is 36.0 Å². The summed E-state index contributed by atoms with van der Waals surface area (Å²) in [6.07, 6.45) is 3.61. The lowest BCUT2D eigenvalue weighted by molar-refractivity contribution is -0.137. The van der Waals surface area contributed by atoms with Crippen LogP contribution in [0, 0.1) is 5.41 Å². The Morgan fingerprint density at radius 3 is 2.48 bits per heavy atom. The van der Waals surface area contributed by atoms with Crippen molar-refractivity contribution in [1.29, 1.82) is 0 Å². The van der Waals surface area contributed by atoms with Gasteiger partial charge in [0.15, 0.2) is 11.5 Å². The van der Waals surface area contributed by atoms with E-state index < -0.39 is 5.97 Å². The maximum absolute atomic E-state index is 11.8. The summed E-state index contributed by atoms with van der Waals surface area (Å²) in [6, 6.07) is 9.37. The fourth-order valence-electron chi connectivity index (χ4n) is 3.97. The average molecular weight is 457 g/mol. The van der Waals surface area contributed by atoms with Crippen LogP contribution in [-0.4, -0.2) is 37.9 Å². The number of cyclic esters (lactones) is 1. The average Bonchev–Trinajstić information content (AvgIpc) is 3.16. The van der Waals surface area contributed by atoms with Crippen LogP contribution in [0.15, 0.2) is 30.3 Å². The minimum absolute atomic E-state index is 0.118. The van der Waals surface area contributed by atoms with Crippen molar-refractivity contribution in [1.82, 2.24) is 0 Å². The van der Waals surface area contributed by atoms with Gasteiger partial charge in [-0.15, -0.1) is 0 Å². The molecule has 0 spiro atoms. The first-order chi connectivity index (χ1) is 15.8. The molecule has 3 rings (SSSR count). The van der Waals surface area contributed by atoms with Crippen LogP contribution in [0.1, 0.15) is 61.9 Å². The molecule has 2 aromatic rings. The molecule has 0 atom stereocenters. The number of fused-ring (bicyclic) bond motifs is 1. The molecule has 178 valence electrons. The van der Waals surface area contributed by atoms with E-state index >= 15 is 0 Å². The molecule has 0 saturated heterocycles. The van der Waals surface area contributed by atoms with Crippen LogP contribution in [0.5, 0.6) is 17.2 Å². The van der Waals surface area contributed by atoms with E-state index in [9.17, 15) is 9.59 Å². The number of methoxy groups -OCH3 is 2. The molecular weight excluding hydrogens is 424 g/mol. The van der Waals surface area contributed by atoms with Gasteiger partial charge >= 0.3 is 11.9 Å². The van der Waals surface area contributed by atoms with Gasteiger partial charge in [0.05, 0.1) is 26.4 Å². The van der Waals surface area contributed by atoms with Gasteiger partial charge in [-0.05, 0) is 48.1 Å². The Bertz CT molecular complexity index is 1010. The van der Waals surface area contributed by atoms with Gasteiger partial charge < -0.3 is 24.1 Å². The minimum atomic E-state index is -0.752. The van der Waals surface area contributed by atoms with E-state index in [-0.39, 0.29) is 24.4 Å². The predicted octanol–water partition coefficient (Wildman–Crippen LogP) is 5.48. The minimum Gasteiger partial charge on any atom is -0.493 e. The number of carbonyl (C=O) groups excluding carboxylic acids is 1. The standard InChI is InChI=1S/C26H32O7/c1-26(2,13-7-5-6-8-22(27)28)16-33-23-19(11-12-21(30-3)24(23)31-4)17-9-10-20-18(14-17)15-32-25(20)29/h9-12,14H,5-8,13,15-16H2,1-4H3,(H,27,28). The molecule has 2 aromatic carbocycles.